The average molecular weight is 733 g/mol. The molecular formula is C27H21ClN8O11S2. The summed E-state index contributed by atoms with van der Waals surface area (Å²) in [6.07, 6.45) is 0. The van der Waals surface area contributed by atoms with Crippen LogP contribution in [-0.2, 0) is 29.8 Å². The fourth-order valence-corrected chi connectivity index (χ4v) is 6.19. The summed E-state index contributed by atoms with van der Waals surface area (Å²) in [5.41, 5.74) is 3.29. The number of nitrogens with one attached hydrogen (secondary N) is 4. The van der Waals surface area contributed by atoms with Gasteiger partial charge in [0.2, 0.25) is 17.2 Å². The van der Waals surface area contributed by atoms with Gasteiger partial charge in [0, 0.05) is 29.9 Å². The zero-order valence-corrected chi connectivity index (χ0v) is 26.6. The second-order valence-corrected chi connectivity index (χ2v) is 13.1. The van der Waals surface area contributed by atoms with Gasteiger partial charge in [-0.2, -0.15) is 31.8 Å². The van der Waals surface area contributed by atoms with Gasteiger partial charge in [-0.15, -0.1) is 0 Å². The number of carbonyl (C=O) groups is 4. The molecule has 1 heterocycles. The largest absolute Gasteiger partial charge is 0.474 e. The molecule has 1 aliphatic carbocycles. The zero-order chi connectivity index (χ0) is 35.8. The molecule has 1 amide bonds. The van der Waals surface area contributed by atoms with Gasteiger partial charge in [-0.1, -0.05) is 24.3 Å². The molecule has 4 aromatic rings. The lowest BCUT2D eigenvalue weighted by Gasteiger charge is -2.24. The van der Waals surface area contributed by atoms with Crippen molar-refractivity contribution < 1.29 is 50.2 Å². The van der Waals surface area contributed by atoms with Gasteiger partial charge in [0.1, 0.15) is 9.79 Å². The van der Waals surface area contributed by atoms with E-state index in [-0.39, 0.29) is 47.1 Å². The minimum absolute atomic E-state index is 0.0279. The van der Waals surface area contributed by atoms with Crippen LogP contribution < -0.4 is 27.0 Å². The van der Waals surface area contributed by atoms with Crippen LogP contribution in [0.1, 0.15) is 31.8 Å². The van der Waals surface area contributed by atoms with Crippen LogP contribution in [-0.4, -0.2) is 82.5 Å². The molecule has 1 aliphatic rings. The number of ketones is 2. The number of fused-ring (bicyclic) bond motifs is 2. The van der Waals surface area contributed by atoms with Crippen molar-refractivity contribution in [2.45, 2.75) is 9.79 Å². The lowest BCUT2D eigenvalue weighted by atomic mass is 9.82. The summed E-state index contributed by atoms with van der Waals surface area (Å²) in [4.78, 5) is 58.8. The van der Waals surface area contributed by atoms with Crippen LogP contribution in [0.2, 0.25) is 5.28 Å². The van der Waals surface area contributed by atoms with Gasteiger partial charge in [0.05, 0.1) is 28.2 Å². The number of aliphatic carboxylic acids is 1. The van der Waals surface area contributed by atoms with E-state index >= 15 is 0 Å². The second kappa shape index (κ2) is 13.0. The Labute approximate surface area is 280 Å². The predicted molar refractivity (Wildman–Crippen MR) is 171 cm³/mol. The molecule has 0 saturated heterocycles. The first kappa shape index (κ1) is 34.6. The molecule has 0 unspecified atom stereocenters. The molecule has 0 fully saturated rings. The van der Waals surface area contributed by atoms with Crippen LogP contribution >= 0.6 is 11.6 Å². The van der Waals surface area contributed by atoms with E-state index in [1.807, 2.05) is 0 Å². The average Bonchev–Trinajstić information content (AvgIpc) is 3.01. The summed E-state index contributed by atoms with van der Waals surface area (Å²) in [5.74, 6) is -4.86. The number of hydrogen-bond acceptors (Lipinski definition) is 15. The number of hydrogen-bond donors (Lipinski definition) is 8. The van der Waals surface area contributed by atoms with Gasteiger partial charge in [-0.25, -0.2) is 4.79 Å². The number of halogens is 1. The van der Waals surface area contributed by atoms with Crippen molar-refractivity contribution in [2.24, 2.45) is 0 Å². The number of nitrogens with two attached hydrogens (primary N) is 1. The van der Waals surface area contributed by atoms with E-state index in [0.29, 0.717) is 0 Å². The van der Waals surface area contributed by atoms with Crippen molar-refractivity contribution in [2.75, 3.05) is 34.8 Å². The SMILES string of the molecule is Nc1c(S(=O)(=O)O)cc(Nc2ccc(Nc3nc(Cl)nc(NCCNC(=O)C(=O)O)n3)cc2S(=O)(=O)O)c2c1C(=O)c1ccccc1C2=O. The Bertz CT molecular complexity index is 2320. The van der Waals surface area contributed by atoms with Crippen LogP contribution in [0.3, 0.4) is 0 Å². The summed E-state index contributed by atoms with van der Waals surface area (Å²) in [7, 11) is -10.2. The maximum Gasteiger partial charge on any atom is 0.394 e. The van der Waals surface area contributed by atoms with Crippen molar-refractivity contribution in [3.05, 3.63) is 76.1 Å². The standard InChI is InChI=1S/C27H21ClN8O11S2/c28-25-34-26(31-8-7-30-23(39)24(40)41)36-27(35-25)32-11-5-6-14(16(9-11)48(42,43)44)33-15-10-17(49(45,46)47)20(29)19-18(15)21(37)12-3-1-2-4-13(12)22(19)38/h1-6,9-10,33H,7-8,29H2,(H,30,39)(H,40,41)(H,42,43,44)(H,45,46,47)(H2,31,32,34,35,36). The third-order valence-corrected chi connectivity index (χ3v) is 8.72. The van der Waals surface area contributed by atoms with E-state index in [4.69, 9.17) is 22.4 Å². The van der Waals surface area contributed by atoms with Gasteiger partial charge in [0.25, 0.3) is 20.2 Å². The number of carboxylic acid groups (broad SMARTS) is 1. The van der Waals surface area contributed by atoms with Gasteiger partial charge in [-0.3, -0.25) is 23.5 Å². The Morgan fingerprint density at radius 2 is 1.39 bits per heavy atom. The van der Waals surface area contributed by atoms with Crippen molar-refractivity contribution in [3.8, 4) is 0 Å². The Hall–Kier alpha value is -5.74. The van der Waals surface area contributed by atoms with E-state index in [0.717, 1.165) is 18.2 Å². The Kier molecular flexibility index (Phi) is 9.21. The van der Waals surface area contributed by atoms with Crippen LogP contribution in [0.5, 0.6) is 0 Å². The normalized spacial score (nSPS) is 12.5. The Morgan fingerprint density at radius 3 is 2.00 bits per heavy atom. The molecule has 1 aromatic heterocycles. The van der Waals surface area contributed by atoms with Crippen molar-refractivity contribution in [1.29, 1.82) is 0 Å². The molecule has 0 spiro atoms. The van der Waals surface area contributed by atoms with E-state index in [2.05, 4.69) is 36.2 Å². The lowest BCUT2D eigenvalue weighted by molar-refractivity contribution is -0.150. The molecule has 0 aliphatic heterocycles. The third kappa shape index (κ3) is 7.24. The molecule has 0 atom stereocenters. The number of anilines is 6. The van der Waals surface area contributed by atoms with Crippen LogP contribution in [0.15, 0.2) is 58.3 Å². The second-order valence-electron chi connectivity index (χ2n) is 9.94. The number of rotatable bonds is 10. The summed E-state index contributed by atoms with van der Waals surface area (Å²) in [6, 6.07) is 9.67. The highest BCUT2D eigenvalue weighted by Gasteiger charge is 2.37. The number of carbonyl (C=O) groups excluding carboxylic acids is 3. The number of nitrogen functional groups attached to an aromatic ring is 1. The van der Waals surface area contributed by atoms with E-state index in [1.54, 1.807) is 0 Å². The third-order valence-electron chi connectivity index (χ3n) is 6.76. The maximum absolute atomic E-state index is 13.6. The van der Waals surface area contributed by atoms with Crippen LogP contribution in [0.25, 0.3) is 0 Å². The van der Waals surface area contributed by atoms with E-state index < -0.39 is 81.7 Å². The molecule has 19 nitrogen and oxygen atoms in total. The highest BCUT2D eigenvalue weighted by molar-refractivity contribution is 7.86. The fourth-order valence-electron chi connectivity index (χ4n) is 4.71. The predicted octanol–water partition coefficient (Wildman–Crippen LogP) is 1.48. The molecule has 0 saturated carbocycles. The van der Waals surface area contributed by atoms with Crippen LogP contribution in [0, 0.1) is 0 Å². The molecule has 3 aromatic carbocycles. The first-order valence-corrected chi connectivity index (χ1v) is 16.7. The maximum atomic E-state index is 13.6. The van der Waals surface area contributed by atoms with Crippen LogP contribution in [0.4, 0.5) is 34.6 Å². The topological polar surface area (TPSA) is 310 Å². The van der Waals surface area contributed by atoms with Crippen molar-refractivity contribution in [3.63, 3.8) is 0 Å². The lowest BCUT2D eigenvalue weighted by Crippen LogP contribution is -2.34. The smallest absolute Gasteiger partial charge is 0.394 e. The minimum atomic E-state index is -5.08. The number of aromatic nitrogens is 3. The molecular weight excluding hydrogens is 712 g/mol. The van der Waals surface area contributed by atoms with Gasteiger partial charge in [0.15, 0.2) is 11.6 Å². The van der Waals surface area contributed by atoms with Crippen molar-refractivity contribution in [1.82, 2.24) is 20.3 Å². The number of benzene rings is 3. The fraction of sp³-hybridized carbons (Fsp3) is 0.0741. The van der Waals surface area contributed by atoms with Gasteiger partial charge < -0.3 is 32.1 Å². The van der Waals surface area contributed by atoms with Gasteiger partial charge in [-0.05, 0) is 35.9 Å². The molecule has 22 heteroatoms. The molecule has 9 N–H and O–H groups in total. The quantitative estimate of drug-likeness (QED) is 0.0436. The number of amides is 1. The number of carboxylic acids is 1. The number of nitrogens with zero attached hydrogens (tertiary/aromatic N) is 3. The monoisotopic (exact) mass is 732 g/mol. The Morgan fingerprint density at radius 1 is 0.776 bits per heavy atom. The molecule has 5 rings (SSSR count). The molecule has 0 bridgehead atoms. The summed E-state index contributed by atoms with van der Waals surface area (Å²) in [6.45, 7) is -0.154. The zero-order valence-electron chi connectivity index (χ0n) is 24.3. The van der Waals surface area contributed by atoms with Crippen molar-refractivity contribution >= 4 is 89.9 Å². The summed E-state index contributed by atoms with van der Waals surface area (Å²) >= 11 is 5.95. The Balaban J connectivity index is 1.51. The van der Waals surface area contributed by atoms with Gasteiger partial charge >= 0.3 is 11.9 Å². The first-order valence-electron chi connectivity index (χ1n) is 13.4. The van der Waals surface area contributed by atoms with E-state index in [1.165, 1.54) is 30.3 Å². The molecule has 49 heavy (non-hydrogen) atoms. The highest BCUT2D eigenvalue weighted by atomic mass is 35.5. The summed E-state index contributed by atoms with van der Waals surface area (Å²) in [5, 5.41) is 18.3. The highest BCUT2D eigenvalue weighted by Crippen LogP contribution is 2.41. The summed E-state index contributed by atoms with van der Waals surface area (Å²) < 4.78 is 69.5. The first-order chi connectivity index (χ1) is 23.0. The molecule has 0 radical (unpaired) electrons. The molecule has 254 valence electrons. The van der Waals surface area contributed by atoms with E-state index in [9.17, 15) is 45.1 Å². The minimum Gasteiger partial charge on any atom is -0.474 e.